The van der Waals surface area contributed by atoms with Gasteiger partial charge >= 0.3 is 0 Å². The first kappa shape index (κ1) is 20.8. The molecule has 1 unspecified atom stereocenters. The van der Waals surface area contributed by atoms with Gasteiger partial charge in [0.1, 0.15) is 11.3 Å². The maximum absolute atomic E-state index is 14.2. The summed E-state index contributed by atoms with van der Waals surface area (Å²) >= 11 is 0. The lowest BCUT2D eigenvalue weighted by atomic mass is 9.96. The number of carbonyl (C=O) groups excluding carboxylic acids is 1. The predicted octanol–water partition coefficient (Wildman–Crippen LogP) is 3.72. The number of benzene rings is 2. The van der Waals surface area contributed by atoms with E-state index < -0.39 is 12.0 Å². The Balaban J connectivity index is 1.50. The van der Waals surface area contributed by atoms with Gasteiger partial charge in [-0.15, -0.1) is 0 Å². The van der Waals surface area contributed by atoms with Crippen molar-refractivity contribution < 1.29 is 23.0 Å². The molecule has 0 saturated carbocycles. The minimum absolute atomic E-state index is 0.0600. The highest BCUT2D eigenvalue weighted by molar-refractivity contribution is 6.07. The molecule has 1 amide bonds. The first-order valence-corrected chi connectivity index (χ1v) is 10.6. The van der Waals surface area contributed by atoms with E-state index in [1.165, 1.54) is 6.07 Å². The number of halogens is 2. The second-order valence-electron chi connectivity index (χ2n) is 8.24. The van der Waals surface area contributed by atoms with Crippen LogP contribution in [0.25, 0.3) is 10.9 Å². The molecule has 0 radical (unpaired) electrons. The molecule has 32 heavy (non-hydrogen) atoms. The van der Waals surface area contributed by atoms with Gasteiger partial charge in [-0.1, -0.05) is 18.2 Å². The number of hydrogen-bond donors (Lipinski definition) is 3. The maximum atomic E-state index is 14.2. The Morgan fingerprint density at radius 2 is 2.25 bits per heavy atom. The van der Waals surface area contributed by atoms with Gasteiger partial charge in [0, 0.05) is 23.7 Å². The topological polar surface area (TPSA) is 88.3 Å². The van der Waals surface area contributed by atoms with Crippen molar-refractivity contribution in [3.05, 3.63) is 58.3 Å². The number of rotatable bonds is 5. The average molecular weight is 442 g/mol. The van der Waals surface area contributed by atoms with E-state index in [4.69, 9.17) is 9.47 Å². The Bertz CT molecular complexity index is 1190. The standard InChI is InChI=1S/C23H24F2N4O3/c1-12(13-4-3-5-18-14(13)6-7-23(18,24)25)28-22(30)16-8-15(19-10-32-11-26-19)21(31-2)17-9-27-29-20(16)17/h3-5,8-9,12,19,26H,6-7,10-11H2,1-2H3,(H,27,29)(H,28,30)/t12-,19?/m1/s1. The van der Waals surface area contributed by atoms with E-state index >= 15 is 0 Å². The minimum Gasteiger partial charge on any atom is -0.496 e. The summed E-state index contributed by atoms with van der Waals surface area (Å²) in [5.74, 6) is -2.53. The van der Waals surface area contributed by atoms with E-state index in [9.17, 15) is 13.6 Å². The van der Waals surface area contributed by atoms with Crippen molar-refractivity contribution in [2.24, 2.45) is 0 Å². The van der Waals surface area contributed by atoms with Gasteiger partial charge in [-0.05, 0) is 30.5 Å². The summed E-state index contributed by atoms with van der Waals surface area (Å²) in [6, 6.07) is 6.10. The van der Waals surface area contributed by atoms with Crippen LogP contribution in [0, 0.1) is 0 Å². The normalized spacial score (nSPS) is 20.3. The molecule has 2 atom stereocenters. The summed E-state index contributed by atoms with van der Waals surface area (Å²) in [6.45, 7) is 2.68. The lowest BCUT2D eigenvalue weighted by Crippen LogP contribution is -2.28. The molecule has 2 aliphatic rings. The number of aromatic amines is 1. The van der Waals surface area contributed by atoms with Crippen molar-refractivity contribution in [3.63, 3.8) is 0 Å². The molecule has 2 aromatic carbocycles. The van der Waals surface area contributed by atoms with Crippen molar-refractivity contribution in [2.45, 2.75) is 37.8 Å². The summed E-state index contributed by atoms with van der Waals surface area (Å²) in [5, 5.41) is 14.0. The van der Waals surface area contributed by atoms with Crippen LogP contribution in [0.2, 0.25) is 0 Å². The fourth-order valence-electron chi connectivity index (χ4n) is 4.77. The number of nitrogens with zero attached hydrogens (tertiary/aromatic N) is 1. The average Bonchev–Trinajstić information content (AvgIpc) is 3.53. The van der Waals surface area contributed by atoms with Crippen LogP contribution in [0.1, 0.15) is 58.0 Å². The van der Waals surface area contributed by atoms with Crippen molar-refractivity contribution in [1.29, 1.82) is 0 Å². The van der Waals surface area contributed by atoms with Gasteiger partial charge in [-0.25, -0.2) is 8.78 Å². The number of alkyl halides is 2. The smallest absolute Gasteiger partial charge is 0.273 e. The van der Waals surface area contributed by atoms with Crippen molar-refractivity contribution in [1.82, 2.24) is 20.8 Å². The molecule has 3 aromatic rings. The predicted molar refractivity (Wildman–Crippen MR) is 114 cm³/mol. The SMILES string of the molecule is COc1c(C2COCN2)cc(C(=O)N[C@H](C)c2cccc3c2CCC3(F)F)c2n[nH]cc12. The van der Waals surface area contributed by atoms with Crippen LogP contribution in [-0.4, -0.2) is 36.6 Å². The number of carbonyl (C=O) groups is 1. The zero-order valence-electron chi connectivity index (χ0n) is 17.8. The van der Waals surface area contributed by atoms with Gasteiger partial charge in [0.15, 0.2) is 0 Å². The first-order chi connectivity index (χ1) is 15.4. The van der Waals surface area contributed by atoms with Crippen LogP contribution in [0.3, 0.4) is 0 Å². The Morgan fingerprint density at radius 3 is 3.00 bits per heavy atom. The van der Waals surface area contributed by atoms with E-state index in [-0.39, 0.29) is 23.9 Å². The molecular formula is C23H24F2N4O3. The molecule has 0 spiro atoms. The molecule has 3 N–H and O–H groups in total. The number of ether oxygens (including phenoxy) is 2. The lowest BCUT2D eigenvalue weighted by molar-refractivity contribution is -0.00185. The highest BCUT2D eigenvalue weighted by Gasteiger charge is 2.40. The zero-order chi connectivity index (χ0) is 22.5. The van der Waals surface area contributed by atoms with Gasteiger partial charge in [-0.2, -0.15) is 5.10 Å². The van der Waals surface area contributed by atoms with E-state index in [1.54, 1.807) is 31.5 Å². The number of hydrogen-bond acceptors (Lipinski definition) is 5. The molecule has 9 heteroatoms. The molecule has 1 aliphatic heterocycles. The summed E-state index contributed by atoms with van der Waals surface area (Å²) < 4.78 is 39.4. The molecular weight excluding hydrogens is 418 g/mol. The third kappa shape index (κ3) is 3.32. The first-order valence-electron chi connectivity index (χ1n) is 10.6. The minimum atomic E-state index is -2.82. The largest absolute Gasteiger partial charge is 0.496 e. The Labute approximate surface area is 183 Å². The van der Waals surface area contributed by atoms with Crippen molar-refractivity contribution in [3.8, 4) is 5.75 Å². The van der Waals surface area contributed by atoms with Crippen LogP contribution < -0.4 is 15.4 Å². The quantitative estimate of drug-likeness (QED) is 0.561. The van der Waals surface area contributed by atoms with Crippen LogP contribution in [0.5, 0.6) is 5.75 Å². The highest BCUT2D eigenvalue weighted by Crippen LogP contribution is 2.44. The summed E-state index contributed by atoms with van der Waals surface area (Å²) in [4.78, 5) is 13.3. The third-order valence-electron chi connectivity index (χ3n) is 6.35. The Morgan fingerprint density at radius 1 is 1.41 bits per heavy atom. The number of H-pyrrole nitrogens is 1. The van der Waals surface area contributed by atoms with Crippen molar-refractivity contribution in [2.75, 3.05) is 20.4 Å². The molecule has 1 aromatic heterocycles. The van der Waals surface area contributed by atoms with E-state index in [0.29, 0.717) is 53.1 Å². The molecule has 1 saturated heterocycles. The second kappa shape index (κ2) is 7.83. The zero-order valence-corrected chi connectivity index (χ0v) is 17.8. The fourth-order valence-corrected chi connectivity index (χ4v) is 4.77. The van der Waals surface area contributed by atoms with Gasteiger partial charge < -0.3 is 14.8 Å². The molecule has 168 valence electrons. The number of methoxy groups -OCH3 is 1. The third-order valence-corrected chi connectivity index (χ3v) is 6.35. The number of nitrogens with one attached hydrogen (secondary N) is 3. The van der Waals surface area contributed by atoms with Gasteiger partial charge in [0.05, 0.1) is 43.5 Å². The lowest BCUT2D eigenvalue weighted by Gasteiger charge is -2.20. The number of aromatic nitrogens is 2. The van der Waals surface area contributed by atoms with Crippen LogP contribution in [0.4, 0.5) is 8.78 Å². The van der Waals surface area contributed by atoms with E-state index in [1.807, 2.05) is 6.92 Å². The van der Waals surface area contributed by atoms with E-state index in [0.717, 1.165) is 5.56 Å². The maximum Gasteiger partial charge on any atom is 0.273 e. The fraction of sp³-hybridized carbons (Fsp3) is 0.391. The van der Waals surface area contributed by atoms with Crippen LogP contribution in [0.15, 0.2) is 30.5 Å². The number of fused-ring (bicyclic) bond motifs is 2. The van der Waals surface area contributed by atoms with Crippen LogP contribution in [-0.2, 0) is 17.1 Å². The second-order valence-corrected chi connectivity index (χ2v) is 8.24. The monoisotopic (exact) mass is 442 g/mol. The van der Waals surface area contributed by atoms with Gasteiger partial charge in [0.2, 0.25) is 0 Å². The highest BCUT2D eigenvalue weighted by atomic mass is 19.3. The summed E-state index contributed by atoms with van der Waals surface area (Å²) in [7, 11) is 1.58. The number of amides is 1. The molecule has 1 fully saturated rings. The molecule has 2 heterocycles. The molecule has 7 nitrogen and oxygen atoms in total. The molecule has 0 bridgehead atoms. The van der Waals surface area contributed by atoms with E-state index in [2.05, 4.69) is 20.8 Å². The summed E-state index contributed by atoms with van der Waals surface area (Å²) in [6.07, 6.45) is 1.79. The molecule has 5 rings (SSSR count). The van der Waals surface area contributed by atoms with Crippen LogP contribution >= 0.6 is 0 Å². The summed E-state index contributed by atoms with van der Waals surface area (Å²) in [5.41, 5.74) is 3.07. The Hall–Kier alpha value is -3.04. The van der Waals surface area contributed by atoms with Crippen molar-refractivity contribution >= 4 is 16.8 Å². The van der Waals surface area contributed by atoms with Gasteiger partial charge in [0.25, 0.3) is 11.8 Å². The molecule has 1 aliphatic carbocycles. The Kier molecular flexibility index (Phi) is 5.10. The van der Waals surface area contributed by atoms with Gasteiger partial charge in [-0.3, -0.25) is 15.2 Å².